The van der Waals surface area contributed by atoms with Crippen LogP contribution in [0, 0.1) is 5.82 Å². The molecular formula is C8H5BrClF4N. The monoisotopic (exact) mass is 305 g/mol. The van der Waals surface area contributed by atoms with Gasteiger partial charge in [0.1, 0.15) is 11.9 Å². The molecule has 1 aromatic carbocycles. The van der Waals surface area contributed by atoms with Gasteiger partial charge in [0.25, 0.3) is 0 Å². The number of benzene rings is 1. The second-order valence-electron chi connectivity index (χ2n) is 2.78. The third-order valence-corrected chi connectivity index (χ3v) is 3.01. The normalized spacial score (nSPS) is 14.1. The minimum absolute atomic E-state index is 0.180. The summed E-state index contributed by atoms with van der Waals surface area (Å²) < 4.78 is 50.1. The number of rotatable bonds is 1. The lowest BCUT2D eigenvalue weighted by atomic mass is 10.1. The molecule has 1 unspecified atom stereocenters. The molecule has 0 aliphatic heterocycles. The lowest BCUT2D eigenvalue weighted by molar-refractivity contribution is -0.149. The predicted octanol–water partition coefficient (Wildman–Crippen LogP) is 3.80. The van der Waals surface area contributed by atoms with E-state index in [1.54, 1.807) is 0 Å². The second-order valence-corrected chi connectivity index (χ2v) is 4.02. The van der Waals surface area contributed by atoms with Gasteiger partial charge in [-0.2, -0.15) is 13.2 Å². The maximum atomic E-state index is 13.3. The van der Waals surface area contributed by atoms with Crippen molar-refractivity contribution in [2.45, 2.75) is 12.2 Å². The van der Waals surface area contributed by atoms with Gasteiger partial charge in [-0.25, -0.2) is 4.39 Å². The van der Waals surface area contributed by atoms with Crippen molar-refractivity contribution < 1.29 is 17.6 Å². The molecule has 1 rings (SSSR count). The van der Waals surface area contributed by atoms with Crippen LogP contribution in [-0.4, -0.2) is 6.18 Å². The zero-order valence-corrected chi connectivity index (χ0v) is 9.42. The lowest BCUT2D eigenvalue weighted by Crippen LogP contribution is -2.29. The average molecular weight is 306 g/mol. The number of halogens is 6. The summed E-state index contributed by atoms with van der Waals surface area (Å²) in [6, 6.07) is -0.210. The van der Waals surface area contributed by atoms with Crippen LogP contribution < -0.4 is 5.73 Å². The van der Waals surface area contributed by atoms with Gasteiger partial charge >= 0.3 is 6.18 Å². The van der Waals surface area contributed by atoms with Crippen molar-refractivity contribution >= 4 is 27.5 Å². The first-order valence-electron chi connectivity index (χ1n) is 3.71. The predicted molar refractivity (Wildman–Crippen MR) is 52.1 cm³/mol. The fourth-order valence-electron chi connectivity index (χ4n) is 0.957. The van der Waals surface area contributed by atoms with Gasteiger partial charge in [-0.1, -0.05) is 17.7 Å². The highest BCUT2D eigenvalue weighted by Gasteiger charge is 2.39. The molecule has 1 nitrogen and oxygen atoms in total. The van der Waals surface area contributed by atoms with Crippen molar-refractivity contribution in [3.8, 4) is 0 Å². The molecule has 0 bridgehead atoms. The van der Waals surface area contributed by atoms with Crippen LogP contribution in [0.2, 0.25) is 5.02 Å². The summed E-state index contributed by atoms with van der Waals surface area (Å²) in [7, 11) is 0. The highest BCUT2D eigenvalue weighted by Crippen LogP contribution is 2.36. The molecule has 0 heterocycles. The largest absolute Gasteiger partial charge is 0.407 e. The molecule has 0 spiro atoms. The summed E-state index contributed by atoms with van der Waals surface area (Å²) in [5, 5.41) is -0.410. The van der Waals surface area contributed by atoms with Gasteiger partial charge in [-0.3, -0.25) is 0 Å². The first-order valence-corrected chi connectivity index (χ1v) is 4.88. The summed E-state index contributed by atoms with van der Waals surface area (Å²) in [6.07, 6.45) is -4.70. The molecule has 0 amide bonds. The maximum Gasteiger partial charge on any atom is 0.407 e. The van der Waals surface area contributed by atoms with E-state index >= 15 is 0 Å². The Labute approximate surface area is 96.3 Å². The second kappa shape index (κ2) is 4.27. The summed E-state index contributed by atoms with van der Waals surface area (Å²) in [5.74, 6) is -1.16. The smallest absolute Gasteiger partial charge is 0.316 e. The molecule has 0 saturated carbocycles. The van der Waals surface area contributed by atoms with Crippen LogP contribution in [0.4, 0.5) is 17.6 Å². The van der Waals surface area contributed by atoms with Gasteiger partial charge in [0.2, 0.25) is 0 Å². The van der Waals surface area contributed by atoms with E-state index in [0.717, 1.165) is 6.07 Å². The summed E-state index contributed by atoms with van der Waals surface area (Å²) in [5.41, 5.74) is 4.18. The quantitative estimate of drug-likeness (QED) is 0.620. The van der Waals surface area contributed by atoms with Gasteiger partial charge in [0.05, 0.1) is 5.02 Å². The zero-order valence-electron chi connectivity index (χ0n) is 7.08. The highest BCUT2D eigenvalue weighted by molar-refractivity contribution is 9.10. The van der Waals surface area contributed by atoms with E-state index in [0.29, 0.717) is 0 Å². The Morgan fingerprint density at radius 1 is 1.33 bits per heavy atom. The molecule has 0 saturated heterocycles. The molecule has 15 heavy (non-hydrogen) atoms. The highest BCUT2D eigenvalue weighted by atomic mass is 79.9. The molecule has 0 fully saturated rings. The Balaban J connectivity index is 3.23. The van der Waals surface area contributed by atoms with Crippen molar-refractivity contribution in [1.82, 2.24) is 0 Å². The van der Waals surface area contributed by atoms with Gasteiger partial charge in [-0.05, 0) is 22.0 Å². The summed E-state index contributed by atoms with van der Waals surface area (Å²) in [4.78, 5) is 0. The van der Waals surface area contributed by atoms with Crippen LogP contribution in [0.15, 0.2) is 16.6 Å². The fourth-order valence-corrected chi connectivity index (χ4v) is 1.44. The molecule has 7 heteroatoms. The van der Waals surface area contributed by atoms with Gasteiger partial charge in [0.15, 0.2) is 0 Å². The number of alkyl halides is 3. The van der Waals surface area contributed by atoms with Gasteiger partial charge < -0.3 is 5.73 Å². The van der Waals surface area contributed by atoms with E-state index in [9.17, 15) is 17.6 Å². The Morgan fingerprint density at radius 3 is 2.33 bits per heavy atom. The minimum atomic E-state index is -4.70. The number of hydrogen-bond donors (Lipinski definition) is 1. The van der Waals surface area contributed by atoms with Crippen molar-refractivity contribution in [3.63, 3.8) is 0 Å². The Hall–Kier alpha value is -0.330. The topological polar surface area (TPSA) is 26.0 Å². The zero-order chi connectivity index (χ0) is 11.8. The van der Waals surface area contributed by atoms with Crippen molar-refractivity contribution in [3.05, 3.63) is 33.0 Å². The molecule has 0 radical (unpaired) electrons. The minimum Gasteiger partial charge on any atom is -0.316 e. The molecule has 1 aromatic rings. The van der Waals surface area contributed by atoms with Crippen LogP contribution in [0.25, 0.3) is 0 Å². The van der Waals surface area contributed by atoms with E-state index in [-0.39, 0.29) is 4.47 Å². The molecule has 0 aliphatic carbocycles. The molecular weight excluding hydrogens is 301 g/mol. The number of nitrogens with two attached hydrogens (primary N) is 1. The summed E-state index contributed by atoms with van der Waals surface area (Å²) in [6.45, 7) is 0. The molecule has 2 N–H and O–H groups in total. The standard InChI is InChI=1S/C8H5BrClF4N/c9-4-2-1-3(6(11)5(4)10)7(15)8(12,13)14/h1-2,7H,15H2. The van der Waals surface area contributed by atoms with E-state index in [1.807, 2.05) is 0 Å². The third kappa shape index (κ3) is 2.62. The van der Waals surface area contributed by atoms with Crippen molar-refractivity contribution in [1.29, 1.82) is 0 Å². The van der Waals surface area contributed by atoms with Crippen LogP contribution >= 0.6 is 27.5 Å². The Kier molecular flexibility index (Phi) is 3.63. The van der Waals surface area contributed by atoms with E-state index in [4.69, 9.17) is 17.3 Å². The molecule has 0 aromatic heterocycles. The average Bonchev–Trinajstić information content (AvgIpc) is 2.12. The van der Waals surface area contributed by atoms with Crippen LogP contribution in [-0.2, 0) is 0 Å². The van der Waals surface area contributed by atoms with Gasteiger partial charge in [0, 0.05) is 10.0 Å². The molecule has 84 valence electrons. The van der Waals surface area contributed by atoms with E-state index < -0.39 is 28.6 Å². The van der Waals surface area contributed by atoms with Crippen molar-refractivity contribution in [2.24, 2.45) is 5.73 Å². The summed E-state index contributed by atoms with van der Waals surface area (Å²) >= 11 is 8.32. The first-order chi connectivity index (χ1) is 6.75. The van der Waals surface area contributed by atoms with Crippen LogP contribution in [0.5, 0.6) is 0 Å². The number of hydrogen-bond acceptors (Lipinski definition) is 1. The Bertz CT molecular complexity index is 380. The van der Waals surface area contributed by atoms with Crippen LogP contribution in [0.1, 0.15) is 11.6 Å². The van der Waals surface area contributed by atoms with Gasteiger partial charge in [-0.15, -0.1) is 0 Å². The molecule has 0 aliphatic rings. The van der Waals surface area contributed by atoms with E-state index in [2.05, 4.69) is 15.9 Å². The van der Waals surface area contributed by atoms with E-state index in [1.165, 1.54) is 6.07 Å². The lowest BCUT2D eigenvalue weighted by Gasteiger charge is -2.17. The SMILES string of the molecule is NC(c1ccc(Br)c(Cl)c1F)C(F)(F)F. The third-order valence-electron chi connectivity index (χ3n) is 1.75. The Morgan fingerprint density at radius 2 is 1.87 bits per heavy atom. The van der Waals surface area contributed by atoms with Crippen LogP contribution in [0.3, 0.4) is 0 Å². The fraction of sp³-hybridized carbons (Fsp3) is 0.250. The maximum absolute atomic E-state index is 13.3. The van der Waals surface area contributed by atoms with Crippen molar-refractivity contribution in [2.75, 3.05) is 0 Å². The molecule has 1 atom stereocenters. The first kappa shape index (κ1) is 12.7.